The zero-order chi connectivity index (χ0) is 13.2. The first-order chi connectivity index (χ1) is 9.29. The van der Waals surface area contributed by atoms with Gasteiger partial charge in [0, 0.05) is 18.3 Å². The fraction of sp³-hybridized carbons (Fsp3) is 0.333. The van der Waals surface area contributed by atoms with Gasteiger partial charge in [-0.2, -0.15) is 0 Å². The van der Waals surface area contributed by atoms with Crippen LogP contribution in [0.4, 0.5) is 5.82 Å². The summed E-state index contributed by atoms with van der Waals surface area (Å²) in [6.07, 6.45) is 4.48. The highest BCUT2D eigenvalue weighted by Crippen LogP contribution is 2.43. The van der Waals surface area contributed by atoms with E-state index in [2.05, 4.69) is 69.1 Å². The molecule has 98 valence electrons. The maximum atomic E-state index is 4.67. The summed E-state index contributed by atoms with van der Waals surface area (Å²) >= 11 is 2.27. The largest absolute Gasteiger partial charge is 0.369 e. The standard InChI is InChI=1S/C15H16IN3/c1-2-17-15-13(16)9-18-14(19-15)12-6-4-3-5-11(12)10-7-8-10/h3-6,9-10H,2,7-8H2,1H3,(H,17,18,19). The molecule has 3 nitrogen and oxygen atoms in total. The van der Waals surface area contributed by atoms with E-state index in [1.165, 1.54) is 24.0 Å². The molecule has 1 aromatic carbocycles. The van der Waals surface area contributed by atoms with E-state index < -0.39 is 0 Å². The van der Waals surface area contributed by atoms with Crippen LogP contribution in [0.2, 0.25) is 0 Å². The number of anilines is 1. The molecule has 0 saturated heterocycles. The Labute approximate surface area is 127 Å². The van der Waals surface area contributed by atoms with Gasteiger partial charge in [0.2, 0.25) is 0 Å². The lowest BCUT2D eigenvalue weighted by molar-refractivity contribution is 1.08. The van der Waals surface area contributed by atoms with Crippen molar-refractivity contribution in [1.29, 1.82) is 0 Å². The summed E-state index contributed by atoms with van der Waals surface area (Å²) < 4.78 is 1.06. The molecule has 0 amide bonds. The van der Waals surface area contributed by atoms with Crippen LogP contribution in [0, 0.1) is 3.57 Å². The predicted octanol–water partition coefficient (Wildman–Crippen LogP) is 4.06. The Morgan fingerprint density at radius 1 is 1.32 bits per heavy atom. The number of hydrogen-bond acceptors (Lipinski definition) is 3. The van der Waals surface area contributed by atoms with Crippen LogP contribution in [0.1, 0.15) is 31.2 Å². The van der Waals surface area contributed by atoms with E-state index >= 15 is 0 Å². The molecule has 1 fully saturated rings. The Morgan fingerprint density at radius 2 is 2.11 bits per heavy atom. The molecule has 1 N–H and O–H groups in total. The van der Waals surface area contributed by atoms with Crippen molar-refractivity contribution < 1.29 is 0 Å². The zero-order valence-corrected chi connectivity index (χ0v) is 13.0. The molecule has 0 radical (unpaired) electrons. The van der Waals surface area contributed by atoms with E-state index in [-0.39, 0.29) is 0 Å². The minimum atomic E-state index is 0.710. The van der Waals surface area contributed by atoms with Crippen LogP contribution in [-0.2, 0) is 0 Å². The number of nitrogens with zero attached hydrogens (tertiary/aromatic N) is 2. The Hall–Kier alpha value is -1.17. The second kappa shape index (κ2) is 5.45. The monoisotopic (exact) mass is 365 g/mol. The van der Waals surface area contributed by atoms with Crippen LogP contribution in [0.3, 0.4) is 0 Å². The van der Waals surface area contributed by atoms with E-state index in [1.54, 1.807) is 0 Å². The van der Waals surface area contributed by atoms with E-state index in [0.717, 1.165) is 21.8 Å². The first-order valence-corrected chi connectivity index (χ1v) is 7.73. The van der Waals surface area contributed by atoms with E-state index in [9.17, 15) is 0 Å². The molecule has 1 aliphatic rings. The molecule has 0 atom stereocenters. The normalized spacial score (nSPS) is 14.4. The van der Waals surface area contributed by atoms with Gasteiger partial charge in [0.15, 0.2) is 5.82 Å². The number of hydrogen-bond donors (Lipinski definition) is 1. The minimum absolute atomic E-state index is 0.710. The lowest BCUT2D eigenvalue weighted by Gasteiger charge is -2.10. The van der Waals surface area contributed by atoms with Crippen molar-refractivity contribution in [2.45, 2.75) is 25.7 Å². The molecule has 1 saturated carbocycles. The second-order valence-electron chi connectivity index (χ2n) is 4.78. The fourth-order valence-electron chi connectivity index (χ4n) is 2.24. The summed E-state index contributed by atoms with van der Waals surface area (Å²) in [4.78, 5) is 9.18. The Kier molecular flexibility index (Phi) is 3.68. The van der Waals surface area contributed by atoms with E-state index in [0.29, 0.717) is 5.92 Å². The van der Waals surface area contributed by atoms with Crippen molar-refractivity contribution in [3.63, 3.8) is 0 Å². The Morgan fingerprint density at radius 3 is 2.84 bits per heavy atom. The molecule has 1 heterocycles. The number of halogens is 1. The summed E-state index contributed by atoms with van der Waals surface area (Å²) in [6, 6.07) is 8.51. The number of aromatic nitrogens is 2. The van der Waals surface area contributed by atoms with Gasteiger partial charge in [-0.3, -0.25) is 0 Å². The van der Waals surface area contributed by atoms with Gasteiger partial charge in [-0.15, -0.1) is 0 Å². The maximum Gasteiger partial charge on any atom is 0.161 e. The molecule has 3 rings (SSSR count). The first-order valence-electron chi connectivity index (χ1n) is 6.65. The highest BCUT2D eigenvalue weighted by Gasteiger charge is 2.26. The molecule has 0 unspecified atom stereocenters. The van der Waals surface area contributed by atoms with E-state index in [4.69, 9.17) is 0 Å². The van der Waals surface area contributed by atoms with Gasteiger partial charge in [-0.25, -0.2) is 9.97 Å². The van der Waals surface area contributed by atoms with E-state index in [1.807, 2.05) is 6.20 Å². The third-order valence-electron chi connectivity index (χ3n) is 3.31. The third-order valence-corrected chi connectivity index (χ3v) is 4.10. The van der Waals surface area contributed by atoms with Gasteiger partial charge in [0.25, 0.3) is 0 Å². The van der Waals surface area contributed by atoms with Gasteiger partial charge < -0.3 is 5.32 Å². The van der Waals surface area contributed by atoms with Gasteiger partial charge in [-0.1, -0.05) is 24.3 Å². The summed E-state index contributed by atoms with van der Waals surface area (Å²) in [5, 5.41) is 3.29. The summed E-state index contributed by atoms with van der Waals surface area (Å²) in [7, 11) is 0. The number of benzene rings is 1. The van der Waals surface area contributed by atoms with Gasteiger partial charge in [-0.05, 0) is 53.8 Å². The minimum Gasteiger partial charge on any atom is -0.369 e. The van der Waals surface area contributed by atoms with Crippen LogP contribution < -0.4 is 5.32 Å². The molecule has 0 bridgehead atoms. The highest BCUT2D eigenvalue weighted by atomic mass is 127. The van der Waals surface area contributed by atoms with Crippen molar-refractivity contribution in [3.8, 4) is 11.4 Å². The average molecular weight is 365 g/mol. The lowest BCUT2D eigenvalue weighted by atomic mass is 10.0. The van der Waals surface area contributed by atoms with Gasteiger partial charge in [0.05, 0.1) is 3.57 Å². The number of nitrogens with one attached hydrogen (secondary N) is 1. The van der Waals surface area contributed by atoms with Crippen molar-refractivity contribution in [1.82, 2.24) is 9.97 Å². The maximum absolute atomic E-state index is 4.67. The highest BCUT2D eigenvalue weighted by molar-refractivity contribution is 14.1. The second-order valence-corrected chi connectivity index (χ2v) is 5.94. The topological polar surface area (TPSA) is 37.8 Å². The van der Waals surface area contributed by atoms with Crippen LogP contribution in [0.15, 0.2) is 30.5 Å². The summed E-state index contributed by atoms with van der Waals surface area (Å²) in [5.41, 5.74) is 2.58. The van der Waals surface area contributed by atoms with Crippen LogP contribution >= 0.6 is 22.6 Å². The molecule has 1 aliphatic carbocycles. The molecular weight excluding hydrogens is 349 g/mol. The summed E-state index contributed by atoms with van der Waals surface area (Å²) in [6.45, 7) is 2.95. The molecule has 4 heteroatoms. The quantitative estimate of drug-likeness (QED) is 0.831. The van der Waals surface area contributed by atoms with Crippen LogP contribution in [-0.4, -0.2) is 16.5 Å². The SMILES string of the molecule is CCNc1nc(-c2ccccc2C2CC2)ncc1I. The predicted molar refractivity (Wildman–Crippen MR) is 86.3 cm³/mol. The van der Waals surface area contributed by atoms with Gasteiger partial charge >= 0.3 is 0 Å². The molecule has 19 heavy (non-hydrogen) atoms. The van der Waals surface area contributed by atoms with Crippen LogP contribution in [0.5, 0.6) is 0 Å². The summed E-state index contributed by atoms with van der Waals surface area (Å²) in [5.74, 6) is 2.47. The fourth-order valence-corrected chi connectivity index (χ4v) is 2.69. The van der Waals surface area contributed by atoms with Crippen molar-refractivity contribution >= 4 is 28.4 Å². The average Bonchev–Trinajstić information content (AvgIpc) is 3.26. The zero-order valence-electron chi connectivity index (χ0n) is 10.9. The number of rotatable bonds is 4. The van der Waals surface area contributed by atoms with Crippen molar-refractivity contribution in [2.24, 2.45) is 0 Å². The Balaban J connectivity index is 2.04. The Bertz CT molecular complexity index is 594. The van der Waals surface area contributed by atoms with Crippen LogP contribution in [0.25, 0.3) is 11.4 Å². The third kappa shape index (κ3) is 2.73. The lowest BCUT2D eigenvalue weighted by Crippen LogP contribution is -2.04. The first kappa shape index (κ1) is 12.8. The molecule has 0 aliphatic heterocycles. The van der Waals surface area contributed by atoms with Crippen molar-refractivity contribution in [3.05, 3.63) is 39.6 Å². The van der Waals surface area contributed by atoms with Crippen molar-refractivity contribution in [2.75, 3.05) is 11.9 Å². The molecule has 1 aromatic heterocycles. The molecular formula is C15H16IN3. The smallest absolute Gasteiger partial charge is 0.161 e. The van der Waals surface area contributed by atoms with Gasteiger partial charge in [0.1, 0.15) is 5.82 Å². The molecule has 2 aromatic rings. The molecule has 0 spiro atoms.